The lowest BCUT2D eigenvalue weighted by molar-refractivity contribution is 0.302. The van der Waals surface area contributed by atoms with E-state index in [0.29, 0.717) is 12.3 Å². The van der Waals surface area contributed by atoms with E-state index in [-0.39, 0.29) is 5.82 Å². The molecule has 0 aliphatic rings. The number of nitrogen functional groups attached to an aromatic ring is 1. The Hall–Kier alpha value is -2.03. The summed E-state index contributed by atoms with van der Waals surface area (Å²) in [6.45, 7) is 4.23. The molecule has 0 fully saturated rings. The molecule has 2 rings (SSSR count). The lowest BCUT2D eigenvalue weighted by Crippen LogP contribution is -2.00. The molecule has 0 radical (unpaired) electrons. The van der Waals surface area contributed by atoms with Crippen LogP contribution in [0.4, 0.5) is 10.1 Å². The summed E-state index contributed by atoms with van der Waals surface area (Å²) in [4.78, 5) is 0. The summed E-state index contributed by atoms with van der Waals surface area (Å²) >= 11 is 0. The Morgan fingerprint density at radius 1 is 1.06 bits per heavy atom. The van der Waals surface area contributed by atoms with Crippen LogP contribution in [-0.4, -0.2) is 0 Å². The fraction of sp³-hybridized carbons (Fsp3) is 0.200. The van der Waals surface area contributed by atoms with Crippen LogP contribution in [0.5, 0.6) is 5.75 Å². The molecule has 0 aliphatic heterocycles. The third-order valence-corrected chi connectivity index (χ3v) is 2.89. The highest BCUT2D eigenvalue weighted by Gasteiger charge is 2.04. The molecular weight excluding hydrogens is 229 g/mol. The van der Waals surface area contributed by atoms with Crippen molar-refractivity contribution in [3.63, 3.8) is 0 Å². The van der Waals surface area contributed by atoms with Crippen molar-refractivity contribution < 1.29 is 9.13 Å². The highest BCUT2D eigenvalue weighted by atomic mass is 19.1. The number of benzene rings is 2. The second-order valence-electron chi connectivity index (χ2n) is 4.38. The second-order valence-corrected chi connectivity index (χ2v) is 4.38. The molecule has 0 atom stereocenters. The zero-order valence-electron chi connectivity index (χ0n) is 10.5. The maximum absolute atomic E-state index is 13.1. The molecule has 3 heteroatoms. The van der Waals surface area contributed by atoms with E-state index >= 15 is 0 Å². The zero-order valence-corrected chi connectivity index (χ0v) is 10.5. The lowest BCUT2D eigenvalue weighted by atomic mass is 10.1. The molecule has 2 aromatic rings. The van der Waals surface area contributed by atoms with Crippen molar-refractivity contribution in [2.45, 2.75) is 20.5 Å². The van der Waals surface area contributed by atoms with Crippen molar-refractivity contribution in [2.24, 2.45) is 0 Å². The lowest BCUT2D eigenvalue weighted by Gasteiger charge is -2.11. The molecule has 0 spiro atoms. The number of anilines is 1. The average molecular weight is 245 g/mol. The largest absolute Gasteiger partial charge is 0.489 e. The molecule has 18 heavy (non-hydrogen) atoms. The summed E-state index contributed by atoms with van der Waals surface area (Å²) in [6, 6.07) is 10.2. The van der Waals surface area contributed by atoms with Crippen LogP contribution in [-0.2, 0) is 6.61 Å². The highest BCUT2D eigenvalue weighted by molar-refractivity contribution is 5.47. The highest BCUT2D eigenvalue weighted by Crippen LogP contribution is 2.22. The molecule has 0 amide bonds. The Labute approximate surface area is 106 Å². The van der Waals surface area contributed by atoms with E-state index in [1.54, 1.807) is 12.1 Å². The average Bonchev–Trinajstić information content (AvgIpc) is 2.32. The third kappa shape index (κ3) is 2.80. The minimum absolute atomic E-state index is 0.242. The molecule has 0 bridgehead atoms. The van der Waals surface area contributed by atoms with Crippen molar-refractivity contribution in [2.75, 3.05) is 5.73 Å². The van der Waals surface area contributed by atoms with Crippen molar-refractivity contribution in [1.29, 1.82) is 0 Å². The van der Waals surface area contributed by atoms with Gasteiger partial charge in [-0.05, 0) is 60.9 Å². The van der Waals surface area contributed by atoms with E-state index in [0.717, 1.165) is 22.4 Å². The van der Waals surface area contributed by atoms with Gasteiger partial charge in [-0.2, -0.15) is 0 Å². The van der Waals surface area contributed by atoms with Gasteiger partial charge in [0.15, 0.2) is 0 Å². The summed E-state index contributed by atoms with van der Waals surface area (Å²) in [6.07, 6.45) is 0. The molecule has 0 unspecified atom stereocenters. The van der Waals surface area contributed by atoms with Gasteiger partial charge in [-0.15, -0.1) is 0 Å². The minimum Gasteiger partial charge on any atom is -0.489 e. The van der Waals surface area contributed by atoms with Crippen LogP contribution >= 0.6 is 0 Å². The summed E-state index contributed by atoms with van der Waals surface area (Å²) in [5.74, 6) is 0.529. The molecule has 94 valence electrons. The van der Waals surface area contributed by atoms with E-state index in [9.17, 15) is 4.39 Å². The quantitative estimate of drug-likeness (QED) is 0.838. The van der Waals surface area contributed by atoms with Gasteiger partial charge in [-0.1, -0.05) is 6.07 Å². The van der Waals surface area contributed by atoms with E-state index in [1.165, 1.54) is 12.1 Å². The smallest absolute Gasteiger partial charge is 0.123 e. The molecule has 0 aliphatic carbocycles. The van der Waals surface area contributed by atoms with E-state index in [1.807, 2.05) is 26.0 Å². The predicted octanol–water partition coefficient (Wildman–Crippen LogP) is 3.60. The number of nitrogens with two attached hydrogens (primary N) is 1. The fourth-order valence-corrected chi connectivity index (χ4v) is 1.79. The van der Waals surface area contributed by atoms with Crippen LogP contribution in [0.3, 0.4) is 0 Å². The molecule has 0 aromatic heterocycles. The van der Waals surface area contributed by atoms with Crippen molar-refractivity contribution >= 4 is 5.69 Å². The van der Waals surface area contributed by atoms with Gasteiger partial charge in [-0.3, -0.25) is 0 Å². The van der Waals surface area contributed by atoms with Crippen LogP contribution in [0, 0.1) is 19.7 Å². The standard InChI is InChI=1S/C15H16FNO/c1-10-3-4-13(16)8-12(10)9-18-15-6-5-14(17)7-11(15)2/h3-8H,9,17H2,1-2H3. The Balaban J connectivity index is 2.13. The predicted molar refractivity (Wildman–Crippen MR) is 71.1 cm³/mol. The molecule has 2 N–H and O–H groups in total. The maximum Gasteiger partial charge on any atom is 0.123 e. The van der Waals surface area contributed by atoms with Gasteiger partial charge in [-0.25, -0.2) is 4.39 Å². The normalized spacial score (nSPS) is 10.4. The van der Waals surface area contributed by atoms with Gasteiger partial charge >= 0.3 is 0 Å². The van der Waals surface area contributed by atoms with Crippen molar-refractivity contribution in [3.8, 4) is 5.75 Å². The van der Waals surface area contributed by atoms with Gasteiger partial charge in [0.25, 0.3) is 0 Å². The van der Waals surface area contributed by atoms with Gasteiger partial charge in [0.05, 0.1) is 0 Å². The second kappa shape index (κ2) is 5.08. The summed E-state index contributed by atoms with van der Waals surface area (Å²) < 4.78 is 18.8. The maximum atomic E-state index is 13.1. The first-order chi connectivity index (χ1) is 8.56. The SMILES string of the molecule is Cc1ccc(F)cc1COc1ccc(N)cc1C. The van der Waals surface area contributed by atoms with Crippen molar-refractivity contribution in [1.82, 2.24) is 0 Å². The van der Waals surface area contributed by atoms with Crippen LogP contribution < -0.4 is 10.5 Å². The van der Waals surface area contributed by atoms with Crippen molar-refractivity contribution in [3.05, 3.63) is 58.9 Å². The molecule has 0 saturated heterocycles. The van der Waals surface area contributed by atoms with E-state index < -0.39 is 0 Å². The van der Waals surface area contributed by atoms with Gasteiger partial charge < -0.3 is 10.5 Å². The van der Waals surface area contributed by atoms with Gasteiger partial charge in [0, 0.05) is 5.69 Å². The first-order valence-electron chi connectivity index (χ1n) is 5.80. The minimum atomic E-state index is -0.242. The first-order valence-corrected chi connectivity index (χ1v) is 5.80. The number of hydrogen-bond donors (Lipinski definition) is 1. The van der Waals surface area contributed by atoms with E-state index in [4.69, 9.17) is 10.5 Å². The third-order valence-electron chi connectivity index (χ3n) is 2.89. The number of hydrogen-bond acceptors (Lipinski definition) is 2. The first kappa shape index (κ1) is 12.4. The molecule has 2 nitrogen and oxygen atoms in total. The Bertz CT molecular complexity index is 566. The van der Waals surface area contributed by atoms with Crippen LogP contribution in [0.15, 0.2) is 36.4 Å². The monoisotopic (exact) mass is 245 g/mol. The Morgan fingerprint density at radius 2 is 1.83 bits per heavy atom. The number of aryl methyl sites for hydroxylation is 2. The Morgan fingerprint density at radius 3 is 2.56 bits per heavy atom. The molecule has 0 saturated carbocycles. The number of ether oxygens (including phenoxy) is 1. The summed E-state index contributed by atoms with van der Waals surface area (Å²) in [5, 5.41) is 0. The molecular formula is C15H16FNO. The fourth-order valence-electron chi connectivity index (χ4n) is 1.79. The van der Waals surface area contributed by atoms with Crippen LogP contribution in [0.2, 0.25) is 0 Å². The molecule has 0 heterocycles. The Kier molecular flexibility index (Phi) is 3.51. The van der Waals surface area contributed by atoms with Gasteiger partial charge in [0.2, 0.25) is 0 Å². The van der Waals surface area contributed by atoms with Gasteiger partial charge in [0.1, 0.15) is 18.2 Å². The summed E-state index contributed by atoms with van der Waals surface area (Å²) in [7, 11) is 0. The topological polar surface area (TPSA) is 35.2 Å². The zero-order chi connectivity index (χ0) is 13.1. The summed E-state index contributed by atoms with van der Waals surface area (Å²) in [5.41, 5.74) is 9.23. The van der Waals surface area contributed by atoms with Crippen LogP contribution in [0.1, 0.15) is 16.7 Å². The number of halogens is 1. The van der Waals surface area contributed by atoms with Crippen LogP contribution in [0.25, 0.3) is 0 Å². The number of rotatable bonds is 3. The molecule has 2 aromatic carbocycles. The van der Waals surface area contributed by atoms with E-state index in [2.05, 4.69) is 0 Å².